The molecule has 1 atom stereocenters. The lowest BCUT2D eigenvalue weighted by Crippen LogP contribution is -2.18. The van der Waals surface area contributed by atoms with Crippen molar-refractivity contribution in [3.05, 3.63) is 29.3 Å². The Bertz CT molecular complexity index is 390. The number of aliphatic hydroxyl groups excluding tert-OH is 1. The van der Waals surface area contributed by atoms with Gasteiger partial charge in [0.2, 0.25) is 0 Å². The van der Waals surface area contributed by atoms with Gasteiger partial charge in [-0.15, -0.1) is 0 Å². The summed E-state index contributed by atoms with van der Waals surface area (Å²) in [5.74, 6) is -1.87. The van der Waals surface area contributed by atoms with Gasteiger partial charge in [-0.1, -0.05) is 0 Å². The Morgan fingerprint density at radius 3 is 2.45 bits per heavy atom. The highest BCUT2D eigenvalue weighted by Crippen LogP contribution is 2.23. The van der Waals surface area contributed by atoms with Crippen molar-refractivity contribution in [2.45, 2.75) is 26.0 Å². The number of rotatable bonds is 9. The number of halogens is 2. The van der Waals surface area contributed by atoms with Crippen LogP contribution in [0.1, 0.15) is 18.9 Å². The number of nitrogens with one attached hydrogen (secondary N) is 1. The van der Waals surface area contributed by atoms with E-state index in [1.807, 2.05) is 0 Å². The fourth-order valence-corrected chi connectivity index (χ4v) is 1.59. The Morgan fingerprint density at radius 2 is 1.90 bits per heavy atom. The van der Waals surface area contributed by atoms with Crippen molar-refractivity contribution in [2.75, 3.05) is 26.9 Å². The van der Waals surface area contributed by atoms with Crippen molar-refractivity contribution in [2.24, 2.45) is 0 Å². The molecule has 1 aromatic rings. The predicted octanol–water partition coefficient (Wildman–Crippen LogP) is 1.85. The molecule has 20 heavy (non-hydrogen) atoms. The van der Waals surface area contributed by atoms with Gasteiger partial charge in [0.25, 0.3) is 0 Å². The molecular weight excluding hydrogens is 268 g/mol. The van der Waals surface area contributed by atoms with Gasteiger partial charge < -0.3 is 19.9 Å². The van der Waals surface area contributed by atoms with Crippen LogP contribution in [-0.4, -0.2) is 38.1 Å². The second-order valence-electron chi connectivity index (χ2n) is 4.54. The molecule has 6 heteroatoms. The molecule has 0 amide bonds. The molecule has 0 aromatic heterocycles. The molecule has 0 aliphatic rings. The van der Waals surface area contributed by atoms with E-state index in [0.29, 0.717) is 31.7 Å². The maximum absolute atomic E-state index is 13.7. The Balaban J connectivity index is 2.57. The molecule has 0 radical (unpaired) electrons. The van der Waals surface area contributed by atoms with Crippen LogP contribution in [0.5, 0.6) is 5.75 Å². The molecule has 0 spiro atoms. The number of hydrogen-bond donors (Lipinski definition) is 2. The minimum atomic E-state index is -0.737. The fraction of sp³-hybridized carbons (Fsp3) is 0.571. The summed E-state index contributed by atoms with van der Waals surface area (Å²) in [5.41, 5.74) is 0.499. The van der Waals surface area contributed by atoms with Gasteiger partial charge >= 0.3 is 0 Å². The lowest BCUT2D eigenvalue weighted by atomic mass is 10.2. The van der Waals surface area contributed by atoms with Gasteiger partial charge in [-0.25, -0.2) is 8.78 Å². The van der Waals surface area contributed by atoms with Gasteiger partial charge in [0.1, 0.15) is 0 Å². The highest BCUT2D eigenvalue weighted by molar-refractivity contribution is 5.31. The standard InChI is InChI=1S/C14H21F2NO3/c1-10(18)3-5-20-14-12(15)7-11(8-13(14)16)9-17-4-6-19-2/h7-8,10,17-18H,3-6,9H2,1-2H3. The summed E-state index contributed by atoms with van der Waals surface area (Å²) >= 11 is 0. The zero-order chi connectivity index (χ0) is 15.0. The summed E-state index contributed by atoms with van der Waals surface area (Å²) in [4.78, 5) is 0. The van der Waals surface area contributed by atoms with Crippen LogP contribution in [0.15, 0.2) is 12.1 Å². The Labute approximate surface area is 117 Å². The minimum absolute atomic E-state index is 0.0664. The Kier molecular flexibility index (Phi) is 7.43. The average molecular weight is 289 g/mol. The van der Waals surface area contributed by atoms with Crippen LogP contribution >= 0.6 is 0 Å². The topological polar surface area (TPSA) is 50.7 Å². The number of benzene rings is 1. The molecule has 0 bridgehead atoms. The predicted molar refractivity (Wildman–Crippen MR) is 71.7 cm³/mol. The first-order valence-electron chi connectivity index (χ1n) is 6.53. The normalized spacial score (nSPS) is 12.4. The number of ether oxygens (including phenoxy) is 2. The van der Waals surface area contributed by atoms with Gasteiger partial charge in [0.15, 0.2) is 17.4 Å². The smallest absolute Gasteiger partial charge is 0.190 e. The van der Waals surface area contributed by atoms with Crippen LogP contribution in [-0.2, 0) is 11.3 Å². The van der Waals surface area contributed by atoms with E-state index < -0.39 is 23.5 Å². The average Bonchev–Trinajstić information content (AvgIpc) is 2.37. The maximum atomic E-state index is 13.7. The van der Waals surface area contributed by atoms with Crippen LogP contribution in [0.2, 0.25) is 0 Å². The van der Waals surface area contributed by atoms with Gasteiger partial charge in [-0.3, -0.25) is 0 Å². The van der Waals surface area contributed by atoms with Gasteiger partial charge in [0, 0.05) is 26.6 Å². The number of aliphatic hydroxyl groups is 1. The van der Waals surface area contributed by atoms with Crippen molar-refractivity contribution < 1.29 is 23.4 Å². The Morgan fingerprint density at radius 1 is 1.25 bits per heavy atom. The SMILES string of the molecule is COCCNCc1cc(F)c(OCCC(C)O)c(F)c1. The summed E-state index contributed by atoms with van der Waals surface area (Å²) in [6.45, 7) is 3.14. The van der Waals surface area contributed by atoms with Gasteiger partial charge in [-0.2, -0.15) is 0 Å². The van der Waals surface area contributed by atoms with E-state index in [4.69, 9.17) is 14.6 Å². The zero-order valence-corrected chi connectivity index (χ0v) is 11.8. The maximum Gasteiger partial charge on any atom is 0.190 e. The van der Waals surface area contributed by atoms with Crippen LogP contribution in [0.25, 0.3) is 0 Å². The highest BCUT2D eigenvalue weighted by atomic mass is 19.1. The van der Waals surface area contributed by atoms with Crippen molar-refractivity contribution in [3.8, 4) is 5.75 Å². The van der Waals surface area contributed by atoms with Gasteiger partial charge in [-0.05, 0) is 24.6 Å². The molecular formula is C14H21F2NO3. The summed E-state index contributed by atoms with van der Waals surface area (Å²) in [5, 5.41) is 12.1. The molecule has 0 saturated heterocycles. The zero-order valence-electron chi connectivity index (χ0n) is 11.8. The third kappa shape index (κ3) is 5.81. The van der Waals surface area contributed by atoms with E-state index >= 15 is 0 Å². The lowest BCUT2D eigenvalue weighted by molar-refractivity contribution is 0.151. The molecule has 0 fully saturated rings. The molecule has 0 saturated carbocycles. The second-order valence-corrected chi connectivity index (χ2v) is 4.54. The molecule has 1 unspecified atom stereocenters. The van der Waals surface area contributed by atoms with Crippen molar-refractivity contribution in [3.63, 3.8) is 0 Å². The van der Waals surface area contributed by atoms with E-state index in [-0.39, 0.29) is 6.61 Å². The van der Waals surface area contributed by atoms with E-state index in [9.17, 15) is 8.78 Å². The first-order valence-corrected chi connectivity index (χ1v) is 6.53. The van der Waals surface area contributed by atoms with E-state index in [0.717, 1.165) is 0 Å². The fourth-order valence-electron chi connectivity index (χ4n) is 1.59. The van der Waals surface area contributed by atoms with Gasteiger partial charge in [0.05, 0.1) is 19.3 Å². The largest absolute Gasteiger partial charge is 0.488 e. The van der Waals surface area contributed by atoms with Crippen molar-refractivity contribution >= 4 is 0 Å². The number of hydrogen-bond acceptors (Lipinski definition) is 4. The van der Waals surface area contributed by atoms with Crippen molar-refractivity contribution in [1.29, 1.82) is 0 Å². The van der Waals surface area contributed by atoms with Crippen LogP contribution in [0, 0.1) is 11.6 Å². The van der Waals surface area contributed by atoms with Crippen LogP contribution in [0.3, 0.4) is 0 Å². The van der Waals surface area contributed by atoms with E-state index in [2.05, 4.69) is 5.32 Å². The molecule has 0 aliphatic heterocycles. The molecule has 114 valence electrons. The monoisotopic (exact) mass is 289 g/mol. The molecule has 1 rings (SSSR count). The first kappa shape index (κ1) is 16.8. The summed E-state index contributed by atoms with van der Waals surface area (Å²) in [6, 6.07) is 2.47. The summed E-state index contributed by atoms with van der Waals surface area (Å²) in [6.07, 6.45) is -0.246. The third-order valence-electron chi connectivity index (χ3n) is 2.65. The molecule has 0 heterocycles. The molecule has 4 nitrogen and oxygen atoms in total. The molecule has 0 aliphatic carbocycles. The third-order valence-corrected chi connectivity index (χ3v) is 2.65. The number of methoxy groups -OCH3 is 1. The van der Waals surface area contributed by atoms with Crippen LogP contribution < -0.4 is 10.1 Å². The highest BCUT2D eigenvalue weighted by Gasteiger charge is 2.13. The quantitative estimate of drug-likeness (QED) is 0.681. The Hall–Kier alpha value is -1.24. The van der Waals surface area contributed by atoms with E-state index in [1.54, 1.807) is 14.0 Å². The minimum Gasteiger partial charge on any atom is -0.488 e. The lowest BCUT2D eigenvalue weighted by Gasteiger charge is -2.11. The molecule has 1 aromatic carbocycles. The van der Waals surface area contributed by atoms with Crippen LogP contribution in [0.4, 0.5) is 8.78 Å². The van der Waals surface area contributed by atoms with E-state index in [1.165, 1.54) is 12.1 Å². The van der Waals surface area contributed by atoms with Crippen molar-refractivity contribution in [1.82, 2.24) is 5.32 Å². The molecule has 2 N–H and O–H groups in total. The first-order chi connectivity index (χ1) is 9.54. The summed E-state index contributed by atoms with van der Waals surface area (Å²) in [7, 11) is 1.58. The summed E-state index contributed by atoms with van der Waals surface area (Å²) < 4.78 is 37.3. The second kappa shape index (κ2) is 8.84.